The van der Waals surface area contributed by atoms with Crippen molar-refractivity contribution in [2.75, 3.05) is 12.3 Å². The van der Waals surface area contributed by atoms with Crippen molar-refractivity contribution in [3.8, 4) is 12.3 Å². The first-order valence-electron chi connectivity index (χ1n) is 6.11. The van der Waals surface area contributed by atoms with Crippen LogP contribution in [0, 0.1) is 18.4 Å². The van der Waals surface area contributed by atoms with Crippen LogP contribution in [0.1, 0.15) is 12.6 Å². The summed E-state index contributed by atoms with van der Waals surface area (Å²) in [4.78, 5) is 11.1. The maximum Gasteiger partial charge on any atom is 0.312 e. The molecule has 8 heteroatoms. The molecule has 108 valence electrons. The van der Waals surface area contributed by atoms with Crippen LogP contribution >= 0.6 is 0 Å². The molecule has 2 atom stereocenters. The molecule has 3 heterocycles. The van der Waals surface area contributed by atoms with Gasteiger partial charge in [0.2, 0.25) is 0 Å². The summed E-state index contributed by atoms with van der Waals surface area (Å²) in [5, 5.41) is 9.44. The summed E-state index contributed by atoms with van der Waals surface area (Å²) >= 11 is 0. The molecule has 0 radical (unpaired) electrons. The topological polar surface area (TPSA) is 99.1 Å². The van der Waals surface area contributed by atoms with Crippen molar-refractivity contribution in [2.45, 2.75) is 18.2 Å². The molecule has 0 saturated carbocycles. The minimum atomic E-state index is -1.25. The van der Waals surface area contributed by atoms with Gasteiger partial charge >= 0.3 is 6.08 Å². The number of hydrogen-bond donors (Lipinski definition) is 2. The number of rotatable bonds is 2. The fourth-order valence-corrected chi connectivity index (χ4v) is 2.34. The van der Waals surface area contributed by atoms with E-state index in [0.29, 0.717) is 12.0 Å². The highest BCUT2D eigenvalue weighted by molar-refractivity contribution is 5.81. The first-order chi connectivity index (χ1) is 10.0. The lowest BCUT2D eigenvalue weighted by atomic mass is 9.97. The molecule has 1 aliphatic heterocycles. The summed E-state index contributed by atoms with van der Waals surface area (Å²) in [6.45, 7) is 3.44. The predicted molar refractivity (Wildman–Crippen MR) is 72.2 cm³/mol. The zero-order valence-corrected chi connectivity index (χ0v) is 11.0. The van der Waals surface area contributed by atoms with Crippen molar-refractivity contribution in [3.05, 3.63) is 24.6 Å². The molecule has 21 heavy (non-hydrogen) atoms. The number of terminal acetylenes is 1. The van der Waals surface area contributed by atoms with Crippen LogP contribution in [0.25, 0.3) is 11.2 Å². The first-order valence-corrected chi connectivity index (χ1v) is 6.11. The van der Waals surface area contributed by atoms with Gasteiger partial charge in [-0.2, -0.15) is 14.4 Å². The highest BCUT2D eigenvalue weighted by atomic mass is 19.1. The molecular weight excluding hydrogens is 277 g/mol. The number of nitrogen functional groups attached to an aromatic ring is 1. The number of halogens is 1. The number of aliphatic hydroxyl groups is 1. The van der Waals surface area contributed by atoms with Crippen LogP contribution in [0.4, 0.5) is 10.2 Å². The van der Waals surface area contributed by atoms with Crippen LogP contribution in [0.15, 0.2) is 18.5 Å². The number of imidazole rings is 1. The average Bonchev–Trinajstić information content (AvgIpc) is 3.00. The van der Waals surface area contributed by atoms with Gasteiger partial charge in [-0.25, -0.2) is 4.98 Å². The third-order valence-corrected chi connectivity index (χ3v) is 3.52. The number of ether oxygens (including phenoxy) is 1. The SMILES string of the molecule is C#C[C@]1(CO)O[C@@H](n2cnc3c(N)nc(F)nc32)CC1=C. The van der Waals surface area contributed by atoms with E-state index in [9.17, 15) is 9.50 Å². The standard InChI is InChI=1S/C13H12FN5O2/c1-3-13(5-20)7(2)4-8(21-13)19-6-16-9-10(15)17-12(14)18-11(9)19/h1,6,8,20H,2,4-5H2,(H2,15,17,18)/t8-,13-/m1/s1. The maximum absolute atomic E-state index is 13.3. The number of aliphatic hydroxyl groups excluding tert-OH is 1. The van der Waals surface area contributed by atoms with Gasteiger partial charge < -0.3 is 15.6 Å². The van der Waals surface area contributed by atoms with Gasteiger partial charge in [-0.3, -0.25) is 4.57 Å². The normalized spacial score (nSPS) is 25.4. The molecule has 1 saturated heterocycles. The zero-order valence-electron chi connectivity index (χ0n) is 11.0. The Bertz CT molecular complexity index is 781. The number of nitrogens with two attached hydrogens (primary N) is 1. The molecule has 3 N–H and O–H groups in total. The van der Waals surface area contributed by atoms with E-state index >= 15 is 0 Å². The van der Waals surface area contributed by atoms with Crippen molar-refractivity contribution < 1.29 is 14.2 Å². The van der Waals surface area contributed by atoms with Gasteiger partial charge in [0.15, 0.2) is 22.6 Å². The van der Waals surface area contributed by atoms with E-state index in [1.54, 1.807) is 0 Å². The molecule has 1 fully saturated rings. The molecule has 0 unspecified atom stereocenters. The average molecular weight is 289 g/mol. The molecule has 2 aromatic heterocycles. The van der Waals surface area contributed by atoms with Crippen LogP contribution in [-0.2, 0) is 4.74 Å². The summed E-state index contributed by atoms with van der Waals surface area (Å²) in [7, 11) is 0. The van der Waals surface area contributed by atoms with Crippen LogP contribution in [-0.4, -0.2) is 36.8 Å². The fourth-order valence-electron chi connectivity index (χ4n) is 2.34. The van der Waals surface area contributed by atoms with E-state index in [1.165, 1.54) is 10.9 Å². The highest BCUT2D eigenvalue weighted by Gasteiger charge is 2.43. The molecule has 0 amide bonds. The molecule has 1 aliphatic rings. The summed E-state index contributed by atoms with van der Waals surface area (Å²) in [5.74, 6) is 2.35. The molecule has 0 bridgehead atoms. The Kier molecular flexibility index (Phi) is 2.90. The van der Waals surface area contributed by atoms with Crippen LogP contribution < -0.4 is 5.73 Å². The predicted octanol–water partition coefficient (Wildman–Crippen LogP) is 0.387. The smallest absolute Gasteiger partial charge is 0.312 e. The first kappa shape index (κ1) is 13.5. The second-order valence-corrected chi connectivity index (χ2v) is 4.71. The maximum atomic E-state index is 13.3. The minimum Gasteiger partial charge on any atom is -0.392 e. The largest absolute Gasteiger partial charge is 0.392 e. The van der Waals surface area contributed by atoms with Crippen molar-refractivity contribution in [1.82, 2.24) is 19.5 Å². The summed E-state index contributed by atoms with van der Waals surface area (Å²) < 4.78 is 20.5. The Hall–Kier alpha value is -2.50. The van der Waals surface area contributed by atoms with Crippen molar-refractivity contribution >= 4 is 17.0 Å². The van der Waals surface area contributed by atoms with E-state index in [-0.39, 0.29) is 17.0 Å². The monoisotopic (exact) mass is 289 g/mol. The lowest BCUT2D eigenvalue weighted by Gasteiger charge is -2.22. The third-order valence-electron chi connectivity index (χ3n) is 3.52. The van der Waals surface area contributed by atoms with Gasteiger partial charge in [0.05, 0.1) is 12.9 Å². The van der Waals surface area contributed by atoms with Crippen LogP contribution in [0.5, 0.6) is 0 Å². The van der Waals surface area contributed by atoms with Crippen LogP contribution in [0.2, 0.25) is 0 Å². The highest BCUT2D eigenvalue weighted by Crippen LogP contribution is 2.40. The van der Waals surface area contributed by atoms with Gasteiger partial charge in [0, 0.05) is 6.42 Å². The summed E-state index contributed by atoms with van der Waals surface area (Å²) in [6, 6.07) is 0. The van der Waals surface area contributed by atoms with Crippen molar-refractivity contribution in [1.29, 1.82) is 0 Å². The van der Waals surface area contributed by atoms with Crippen molar-refractivity contribution in [3.63, 3.8) is 0 Å². The van der Waals surface area contributed by atoms with E-state index in [0.717, 1.165) is 0 Å². The Morgan fingerprint density at radius 1 is 1.67 bits per heavy atom. The number of aromatic nitrogens is 4. The quantitative estimate of drug-likeness (QED) is 0.471. The van der Waals surface area contributed by atoms with Gasteiger partial charge in [-0.1, -0.05) is 12.5 Å². The number of nitrogens with zero attached hydrogens (tertiary/aromatic N) is 4. The molecule has 0 spiro atoms. The molecule has 2 aromatic rings. The van der Waals surface area contributed by atoms with Gasteiger partial charge in [-0.05, 0) is 5.57 Å². The number of hydrogen-bond acceptors (Lipinski definition) is 6. The lowest BCUT2D eigenvalue weighted by molar-refractivity contribution is -0.0527. The molecule has 0 aromatic carbocycles. The molecule has 3 rings (SSSR count). The van der Waals surface area contributed by atoms with E-state index < -0.39 is 24.5 Å². The van der Waals surface area contributed by atoms with E-state index in [2.05, 4.69) is 27.5 Å². The summed E-state index contributed by atoms with van der Waals surface area (Å²) in [5.41, 5.74) is 5.38. The van der Waals surface area contributed by atoms with E-state index in [4.69, 9.17) is 16.9 Å². The van der Waals surface area contributed by atoms with Crippen LogP contribution in [0.3, 0.4) is 0 Å². The number of anilines is 1. The van der Waals surface area contributed by atoms with Gasteiger partial charge in [0.25, 0.3) is 0 Å². The zero-order chi connectivity index (χ0) is 15.2. The third kappa shape index (κ3) is 1.86. The Morgan fingerprint density at radius 2 is 2.43 bits per heavy atom. The molecule has 0 aliphatic carbocycles. The van der Waals surface area contributed by atoms with Crippen molar-refractivity contribution in [2.24, 2.45) is 0 Å². The summed E-state index contributed by atoms with van der Waals surface area (Å²) in [6.07, 6.45) is 5.63. The van der Waals surface area contributed by atoms with Gasteiger partial charge in [-0.15, -0.1) is 6.42 Å². The Balaban J connectivity index is 2.07. The Labute approximate surface area is 119 Å². The lowest BCUT2D eigenvalue weighted by Crippen LogP contribution is -2.32. The molecule has 7 nitrogen and oxygen atoms in total. The number of fused-ring (bicyclic) bond motifs is 1. The Morgan fingerprint density at radius 3 is 3.05 bits per heavy atom. The van der Waals surface area contributed by atoms with E-state index in [1.807, 2.05) is 0 Å². The second-order valence-electron chi connectivity index (χ2n) is 4.71. The second kappa shape index (κ2) is 4.51. The minimum absolute atomic E-state index is 0.0570. The van der Waals surface area contributed by atoms with Gasteiger partial charge in [0.1, 0.15) is 6.23 Å². The fraction of sp³-hybridized carbons (Fsp3) is 0.308. The molecular formula is C13H12FN5O2.